The van der Waals surface area contributed by atoms with Crippen molar-refractivity contribution in [3.63, 3.8) is 0 Å². The molecular formula is C14H10N8. The number of para-hydroxylation sites is 1. The molecule has 8 nitrogen and oxygen atoms in total. The van der Waals surface area contributed by atoms with Crippen molar-refractivity contribution in [1.82, 2.24) is 39.0 Å². The molecule has 106 valence electrons. The van der Waals surface area contributed by atoms with Gasteiger partial charge in [-0.15, -0.1) is 15.3 Å². The molecule has 4 aromatic heterocycles. The molecule has 4 heterocycles. The SMILES string of the molecule is Cn1cc(-c2nnc3c4ccccc4n4cncc4n23)nn1. The Kier molecular flexibility index (Phi) is 2.01. The Hall–Kier alpha value is -3.29. The molecule has 0 radical (unpaired) electrons. The zero-order valence-electron chi connectivity index (χ0n) is 11.6. The monoisotopic (exact) mass is 290 g/mol. The molecule has 0 saturated heterocycles. The van der Waals surface area contributed by atoms with E-state index in [1.807, 2.05) is 46.3 Å². The lowest BCUT2D eigenvalue weighted by Crippen LogP contribution is -1.98. The smallest absolute Gasteiger partial charge is 0.192 e. The lowest BCUT2D eigenvalue weighted by molar-refractivity contribution is 0.715. The van der Waals surface area contributed by atoms with E-state index < -0.39 is 0 Å². The van der Waals surface area contributed by atoms with Gasteiger partial charge in [0.1, 0.15) is 12.0 Å². The fourth-order valence-electron chi connectivity index (χ4n) is 2.80. The summed E-state index contributed by atoms with van der Waals surface area (Å²) in [5.74, 6) is 0.652. The fourth-order valence-corrected chi connectivity index (χ4v) is 2.80. The molecule has 8 heteroatoms. The molecule has 5 aromatic rings. The first-order valence-corrected chi connectivity index (χ1v) is 6.77. The molecule has 1 aromatic carbocycles. The van der Waals surface area contributed by atoms with Gasteiger partial charge in [-0.2, -0.15) is 0 Å². The first-order chi connectivity index (χ1) is 10.8. The van der Waals surface area contributed by atoms with E-state index in [0.29, 0.717) is 11.5 Å². The number of nitrogens with zero attached hydrogens (tertiary/aromatic N) is 8. The highest BCUT2D eigenvalue weighted by Gasteiger charge is 2.17. The minimum atomic E-state index is 0.652. The first-order valence-electron chi connectivity index (χ1n) is 6.77. The van der Waals surface area contributed by atoms with Gasteiger partial charge < -0.3 is 0 Å². The highest BCUT2D eigenvalue weighted by atomic mass is 15.4. The summed E-state index contributed by atoms with van der Waals surface area (Å²) < 4.78 is 5.62. The summed E-state index contributed by atoms with van der Waals surface area (Å²) in [6, 6.07) is 8.06. The molecule has 5 rings (SSSR count). The van der Waals surface area contributed by atoms with Crippen LogP contribution in [0.1, 0.15) is 0 Å². The van der Waals surface area contributed by atoms with Crippen LogP contribution in [0.3, 0.4) is 0 Å². The molecule has 22 heavy (non-hydrogen) atoms. The van der Waals surface area contributed by atoms with Crippen LogP contribution >= 0.6 is 0 Å². The van der Waals surface area contributed by atoms with Gasteiger partial charge in [-0.3, -0.25) is 13.5 Å². The predicted octanol–water partition coefficient (Wildman–Crippen LogP) is 1.33. The van der Waals surface area contributed by atoms with Crippen molar-refractivity contribution in [2.75, 3.05) is 0 Å². The minimum absolute atomic E-state index is 0.652. The van der Waals surface area contributed by atoms with Crippen molar-refractivity contribution < 1.29 is 0 Å². The standard InChI is InChI=1S/C14H10N8/c1-20-7-10(16-19-20)14-18-17-13-9-4-2-3-5-11(9)21-8-15-6-12(21)22(13)14/h2-8H,1H3. The number of rotatable bonds is 1. The largest absolute Gasteiger partial charge is 0.284 e. The van der Waals surface area contributed by atoms with Gasteiger partial charge >= 0.3 is 0 Å². The Morgan fingerprint density at radius 2 is 1.95 bits per heavy atom. The number of aryl methyl sites for hydroxylation is 1. The van der Waals surface area contributed by atoms with E-state index in [1.165, 1.54) is 0 Å². The van der Waals surface area contributed by atoms with E-state index >= 15 is 0 Å². The van der Waals surface area contributed by atoms with Gasteiger partial charge in [0.25, 0.3) is 0 Å². The van der Waals surface area contributed by atoms with E-state index in [1.54, 1.807) is 17.2 Å². The summed E-state index contributed by atoms with van der Waals surface area (Å²) in [4.78, 5) is 4.27. The molecule has 0 saturated carbocycles. The van der Waals surface area contributed by atoms with Gasteiger partial charge in [0.2, 0.25) is 0 Å². The maximum atomic E-state index is 4.36. The third-order valence-corrected chi connectivity index (χ3v) is 3.75. The quantitative estimate of drug-likeness (QED) is 0.465. The fraction of sp³-hybridized carbons (Fsp3) is 0.0714. The minimum Gasteiger partial charge on any atom is -0.284 e. The molecule has 0 aliphatic rings. The summed E-state index contributed by atoms with van der Waals surface area (Å²) in [5.41, 5.74) is 3.39. The number of hydrogen-bond donors (Lipinski definition) is 0. The molecule has 0 spiro atoms. The average Bonchev–Trinajstić information content (AvgIpc) is 3.25. The van der Waals surface area contributed by atoms with Crippen molar-refractivity contribution in [3.05, 3.63) is 43.0 Å². The van der Waals surface area contributed by atoms with Gasteiger partial charge in [-0.1, -0.05) is 17.3 Å². The molecule has 0 aliphatic carbocycles. The summed E-state index contributed by atoms with van der Waals surface area (Å²) in [5, 5.41) is 17.8. The highest BCUT2D eigenvalue weighted by molar-refractivity contribution is 5.94. The summed E-state index contributed by atoms with van der Waals surface area (Å²) in [7, 11) is 1.82. The lowest BCUT2D eigenvalue weighted by Gasteiger charge is -2.06. The number of imidazole rings is 1. The van der Waals surface area contributed by atoms with Crippen molar-refractivity contribution in [2.24, 2.45) is 7.05 Å². The van der Waals surface area contributed by atoms with Gasteiger partial charge in [-0.25, -0.2) is 4.98 Å². The topological polar surface area (TPSA) is 78.2 Å². The Morgan fingerprint density at radius 3 is 2.82 bits per heavy atom. The molecule has 0 atom stereocenters. The van der Waals surface area contributed by atoms with Crippen LogP contribution in [-0.4, -0.2) is 39.0 Å². The third-order valence-electron chi connectivity index (χ3n) is 3.75. The van der Waals surface area contributed by atoms with E-state index in [4.69, 9.17) is 0 Å². The first kappa shape index (κ1) is 11.4. The molecule has 0 aliphatic heterocycles. The zero-order chi connectivity index (χ0) is 14.7. The van der Waals surface area contributed by atoms with Crippen LogP contribution in [0.4, 0.5) is 0 Å². The molecule has 0 amide bonds. The van der Waals surface area contributed by atoms with Crippen LogP contribution in [0.15, 0.2) is 43.0 Å². The summed E-state index contributed by atoms with van der Waals surface area (Å²) in [6.45, 7) is 0. The number of aromatic nitrogens is 8. The third kappa shape index (κ3) is 1.33. The van der Waals surface area contributed by atoms with Crippen LogP contribution < -0.4 is 0 Å². The Labute approximate surface area is 123 Å². The molecule has 0 bridgehead atoms. The highest BCUT2D eigenvalue weighted by Crippen LogP contribution is 2.25. The van der Waals surface area contributed by atoms with Gasteiger partial charge in [0, 0.05) is 12.4 Å². The average molecular weight is 290 g/mol. The van der Waals surface area contributed by atoms with E-state index in [0.717, 1.165) is 22.2 Å². The van der Waals surface area contributed by atoms with Gasteiger partial charge in [-0.05, 0) is 12.1 Å². The molecule has 0 fully saturated rings. The van der Waals surface area contributed by atoms with Crippen LogP contribution in [0.2, 0.25) is 0 Å². The second kappa shape index (κ2) is 3.88. The van der Waals surface area contributed by atoms with Gasteiger partial charge in [0.15, 0.2) is 17.2 Å². The summed E-state index contributed by atoms with van der Waals surface area (Å²) >= 11 is 0. The van der Waals surface area contributed by atoms with E-state index in [-0.39, 0.29) is 0 Å². The predicted molar refractivity (Wildman–Crippen MR) is 79.2 cm³/mol. The second-order valence-corrected chi connectivity index (χ2v) is 5.10. The maximum Gasteiger partial charge on any atom is 0.192 e. The van der Waals surface area contributed by atoms with E-state index in [9.17, 15) is 0 Å². The van der Waals surface area contributed by atoms with Crippen LogP contribution in [0.25, 0.3) is 33.7 Å². The second-order valence-electron chi connectivity index (χ2n) is 5.10. The number of benzene rings is 1. The van der Waals surface area contributed by atoms with Crippen molar-refractivity contribution in [1.29, 1.82) is 0 Å². The van der Waals surface area contributed by atoms with Crippen LogP contribution in [0, 0.1) is 0 Å². The lowest BCUT2D eigenvalue weighted by atomic mass is 10.2. The number of fused-ring (bicyclic) bond motifs is 6. The molecule has 0 unspecified atom stereocenters. The van der Waals surface area contributed by atoms with Crippen LogP contribution in [-0.2, 0) is 7.05 Å². The zero-order valence-corrected chi connectivity index (χ0v) is 11.6. The van der Waals surface area contributed by atoms with Crippen molar-refractivity contribution >= 4 is 22.2 Å². The summed E-state index contributed by atoms with van der Waals surface area (Å²) in [6.07, 6.45) is 5.40. The Morgan fingerprint density at radius 1 is 1.05 bits per heavy atom. The van der Waals surface area contributed by atoms with E-state index in [2.05, 4.69) is 25.5 Å². The maximum absolute atomic E-state index is 4.36. The number of hydrogen-bond acceptors (Lipinski definition) is 5. The molecular weight excluding hydrogens is 280 g/mol. The van der Waals surface area contributed by atoms with Crippen LogP contribution in [0.5, 0.6) is 0 Å². The van der Waals surface area contributed by atoms with Crippen molar-refractivity contribution in [3.8, 4) is 11.5 Å². The normalized spacial score (nSPS) is 11.9. The Balaban J connectivity index is 2.04. The van der Waals surface area contributed by atoms with Gasteiger partial charge in [0.05, 0.1) is 17.9 Å². The van der Waals surface area contributed by atoms with Crippen molar-refractivity contribution in [2.45, 2.75) is 0 Å². The Bertz CT molecular complexity index is 1150. The molecule has 0 N–H and O–H groups in total.